The molecule has 1 heterocycles. The fraction of sp³-hybridized carbons (Fsp3) is 0. The first-order valence-electron chi connectivity index (χ1n) is 6.67. The molecule has 0 aliphatic carbocycles. The maximum Gasteiger partial charge on any atom is 0.222 e. The molecule has 0 unspecified atom stereocenters. The van der Waals surface area contributed by atoms with Gasteiger partial charge in [0.2, 0.25) is 5.95 Å². The number of hydrogen-bond donors (Lipinski definition) is 3. The summed E-state index contributed by atoms with van der Waals surface area (Å²) in [5.74, 6) is 0.637. The summed E-state index contributed by atoms with van der Waals surface area (Å²) in [5, 5.41) is 14.2. The smallest absolute Gasteiger partial charge is 0.222 e. The second-order valence-electron chi connectivity index (χ2n) is 4.79. The van der Waals surface area contributed by atoms with Crippen LogP contribution in [-0.4, -0.2) is 15.1 Å². The molecule has 2 aromatic carbocycles. The van der Waals surface area contributed by atoms with Crippen LogP contribution in [-0.2, 0) is 0 Å². The number of anilines is 3. The van der Waals surface area contributed by atoms with Gasteiger partial charge in [-0.15, -0.1) is 0 Å². The lowest BCUT2D eigenvalue weighted by molar-refractivity contribution is 0.477. The second-order valence-corrected chi connectivity index (χ2v) is 5.66. The fourth-order valence-electron chi connectivity index (χ4n) is 2.06. The zero-order chi connectivity index (χ0) is 16.4. The van der Waals surface area contributed by atoms with Gasteiger partial charge in [0.15, 0.2) is 0 Å². The van der Waals surface area contributed by atoms with Crippen molar-refractivity contribution in [3.05, 3.63) is 58.6 Å². The van der Waals surface area contributed by atoms with E-state index in [1.165, 1.54) is 6.07 Å². The van der Waals surface area contributed by atoms with Crippen LogP contribution in [0.3, 0.4) is 0 Å². The molecule has 7 heteroatoms. The summed E-state index contributed by atoms with van der Waals surface area (Å²) < 4.78 is 0. The number of phenols is 1. The van der Waals surface area contributed by atoms with E-state index in [-0.39, 0.29) is 11.7 Å². The summed E-state index contributed by atoms with van der Waals surface area (Å²) in [4.78, 5) is 8.29. The van der Waals surface area contributed by atoms with Crippen molar-refractivity contribution < 1.29 is 5.11 Å². The highest BCUT2D eigenvalue weighted by Gasteiger charge is 2.10. The molecule has 0 atom stereocenters. The molecule has 23 heavy (non-hydrogen) atoms. The first-order chi connectivity index (χ1) is 11.0. The molecule has 3 rings (SSSR count). The lowest BCUT2D eigenvalue weighted by atomic mass is 10.1. The highest BCUT2D eigenvalue weighted by molar-refractivity contribution is 6.31. The van der Waals surface area contributed by atoms with Crippen LogP contribution in [0.1, 0.15) is 0 Å². The Bertz CT molecular complexity index is 853. The van der Waals surface area contributed by atoms with Crippen molar-refractivity contribution in [2.24, 2.45) is 0 Å². The molecule has 0 aliphatic rings. The van der Waals surface area contributed by atoms with Gasteiger partial charge >= 0.3 is 0 Å². The topological polar surface area (TPSA) is 84.1 Å². The van der Waals surface area contributed by atoms with Crippen molar-refractivity contribution in [2.75, 3.05) is 11.1 Å². The van der Waals surface area contributed by atoms with Crippen LogP contribution in [0.4, 0.5) is 17.5 Å². The Morgan fingerprint density at radius 2 is 1.61 bits per heavy atom. The van der Waals surface area contributed by atoms with Crippen molar-refractivity contribution in [3.63, 3.8) is 0 Å². The highest BCUT2D eigenvalue weighted by atomic mass is 35.5. The average molecular weight is 347 g/mol. The van der Waals surface area contributed by atoms with Crippen LogP contribution < -0.4 is 11.1 Å². The van der Waals surface area contributed by atoms with Crippen LogP contribution in [0.5, 0.6) is 5.75 Å². The number of hydrogen-bond acceptors (Lipinski definition) is 5. The summed E-state index contributed by atoms with van der Waals surface area (Å²) >= 11 is 11.8. The maximum atomic E-state index is 10.00. The number of nitrogen functional groups attached to an aromatic ring is 1. The van der Waals surface area contributed by atoms with Gasteiger partial charge < -0.3 is 16.2 Å². The average Bonchev–Trinajstić information content (AvgIpc) is 2.51. The lowest BCUT2D eigenvalue weighted by Crippen LogP contribution is -2.01. The van der Waals surface area contributed by atoms with Crippen LogP contribution in [0.25, 0.3) is 11.3 Å². The minimum absolute atomic E-state index is 0.0601. The molecule has 0 fully saturated rings. The van der Waals surface area contributed by atoms with E-state index in [2.05, 4.69) is 15.3 Å². The van der Waals surface area contributed by atoms with Crippen molar-refractivity contribution in [3.8, 4) is 17.0 Å². The van der Waals surface area contributed by atoms with Gasteiger partial charge in [-0.25, -0.2) is 4.98 Å². The molecule has 3 aromatic rings. The molecule has 1 aromatic heterocycles. The normalized spacial score (nSPS) is 10.5. The SMILES string of the molecule is Nc1nc(Nc2ccc(Cl)cc2)cc(-c2cc(Cl)ccc2O)n1. The van der Waals surface area contributed by atoms with Crippen LogP contribution in [0.15, 0.2) is 48.5 Å². The van der Waals surface area contributed by atoms with E-state index in [1.807, 2.05) is 12.1 Å². The number of aromatic hydroxyl groups is 1. The molecular weight excluding hydrogens is 335 g/mol. The predicted molar refractivity (Wildman–Crippen MR) is 93.3 cm³/mol. The van der Waals surface area contributed by atoms with Crippen molar-refractivity contribution in [2.45, 2.75) is 0 Å². The molecule has 5 nitrogen and oxygen atoms in total. The van der Waals surface area contributed by atoms with E-state index in [0.717, 1.165) is 5.69 Å². The molecule has 116 valence electrons. The molecule has 0 saturated heterocycles. The quantitative estimate of drug-likeness (QED) is 0.650. The van der Waals surface area contributed by atoms with Gasteiger partial charge in [-0.05, 0) is 42.5 Å². The molecule has 0 aliphatic heterocycles. The highest BCUT2D eigenvalue weighted by Crippen LogP contribution is 2.32. The number of phenolic OH excluding ortho intramolecular Hbond substituents is 1. The first-order valence-corrected chi connectivity index (χ1v) is 7.43. The van der Waals surface area contributed by atoms with Crippen LogP contribution in [0, 0.1) is 0 Å². The maximum absolute atomic E-state index is 10.00. The number of aromatic nitrogens is 2. The van der Waals surface area contributed by atoms with Gasteiger partial charge in [0.1, 0.15) is 11.6 Å². The largest absolute Gasteiger partial charge is 0.507 e. The van der Waals surface area contributed by atoms with Gasteiger partial charge in [-0.2, -0.15) is 4.98 Å². The number of nitrogens with two attached hydrogens (primary N) is 1. The molecule has 0 bridgehead atoms. The number of halogens is 2. The minimum atomic E-state index is 0.0601. The third-order valence-corrected chi connectivity index (χ3v) is 3.58. The Morgan fingerprint density at radius 1 is 0.913 bits per heavy atom. The Hall–Kier alpha value is -2.50. The van der Waals surface area contributed by atoms with Crippen molar-refractivity contribution >= 4 is 40.7 Å². The Kier molecular flexibility index (Phi) is 4.23. The monoisotopic (exact) mass is 346 g/mol. The number of nitrogens with one attached hydrogen (secondary N) is 1. The minimum Gasteiger partial charge on any atom is -0.507 e. The van der Waals surface area contributed by atoms with Gasteiger partial charge in [0.25, 0.3) is 0 Å². The zero-order valence-electron chi connectivity index (χ0n) is 11.8. The molecule has 0 amide bonds. The summed E-state index contributed by atoms with van der Waals surface area (Å²) in [6, 6.07) is 13.5. The molecule has 0 spiro atoms. The van der Waals surface area contributed by atoms with Gasteiger partial charge in [-0.3, -0.25) is 0 Å². The molecule has 4 N–H and O–H groups in total. The van der Waals surface area contributed by atoms with E-state index >= 15 is 0 Å². The fourth-order valence-corrected chi connectivity index (χ4v) is 2.36. The van der Waals surface area contributed by atoms with Crippen molar-refractivity contribution in [1.29, 1.82) is 0 Å². The van der Waals surface area contributed by atoms with Gasteiger partial charge in [-0.1, -0.05) is 23.2 Å². The molecule has 0 radical (unpaired) electrons. The van der Waals surface area contributed by atoms with Gasteiger partial charge in [0.05, 0.1) is 5.69 Å². The Morgan fingerprint density at radius 3 is 2.35 bits per heavy atom. The van der Waals surface area contributed by atoms with Crippen LogP contribution in [0.2, 0.25) is 10.0 Å². The number of rotatable bonds is 3. The van der Waals surface area contributed by atoms with E-state index in [9.17, 15) is 5.11 Å². The summed E-state index contributed by atoms with van der Waals surface area (Å²) in [6.45, 7) is 0. The molecule has 0 saturated carbocycles. The predicted octanol–water partition coefficient (Wildman–Crippen LogP) is 4.48. The van der Waals surface area contributed by atoms with E-state index in [4.69, 9.17) is 28.9 Å². The van der Waals surface area contributed by atoms with Crippen molar-refractivity contribution in [1.82, 2.24) is 9.97 Å². The standard InChI is InChI=1S/C16H12Cl2N4O/c17-9-1-4-11(5-2-9)20-15-8-13(21-16(19)22-15)12-7-10(18)3-6-14(12)23/h1-8,23H,(H3,19,20,21,22). The summed E-state index contributed by atoms with van der Waals surface area (Å²) in [7, 11) is 0. The van der Waals surface area contributed by atoms with E-state index in [1.54, 1.807) is 30.3 Å². The summed E-state index contributed by atoms with van der Waals surface area (Å²) in [6.07, 6.45) is 0. The number of benzene rings is 2. The van der Waals surface area contributed by atoms with E-state index < -0.39 is 0 Å². The van der Waals surface area contributed by atoms with E-state index in [0.29, 0.717) is 27.1 Å². The molecular formula is C16H12Cl2N4O. The third kappa shape index (κ3) is 3.64. The second kappa shape index (κ2) is 6.32. The number of nitrogens with zero attached hydrogens (tertiary/aromatic N) is 2. The van der Waals surface area contributed by atoms with Crippen LogP contribution >= 0.6 is 23.2 Å². The Balaban J connectivity index is 1.99. The summed E-state index contributed by atoms with van der Waals surface area (Å²) in [5.41, 5.74) is 7.51. The van der Waals surface area contributed by atoms with Gasteiger partial charge in [0, 0.05) is 27.4 Å². The Labute approximate surface area is 142 Å². The third-order valence-electron chi connectivity index (χ3n) is 3.09. The lowest BCUT2D eigenvalue weighted by Gasteiger charge is -2.10. The first kappa shape index (κ1) is 15.4. The zero-order valence-corrected chi connectivity index (χ0v) is 13.3.